The van der Waals surface area contributed by atoms with Crippen LogP contribution in [0.15, 0.2) is 24.3 Å². The van der Waals surface area contributed by atoms with Crippen molar-refractivity contribution in [1.29, 1.82) is 0 Å². The average Bonchev–Trinajstić information content (AvgIpc) is 2.46. The molecule has 1 atom stereocenters. The highest BCUT2D eigenvalue weighted by molar-refractivity contribution is 5.24. The SMILES string of the molecule is CCNC(CCN1CCCCCCC1)c1ccc(C)cc1. The summed E-state index contributed by atoms with van der Waals surface area (Å²) < 4.78 is 0. The molecule has 1 aromatic carbocycles. The largest absolute Gasteiger partial charge is 0.310 e. The molecule has 0 radical (unpaired) electrons. The second-order valence-corrected chi connectivity index (χ2v) is 6.42. The van der Waals surface area contributed by atoms with Crippen molar-refractivity contribution in [2.45, 2.75) is 58.4 Å². The van der Waals surface area contributed by atoms with Gasteiger partial charge in [-0.15, -0.1) is 0 Å². The maximum atomic E-state index is 3.66. The van der Waals surface area contributed by atoms with Crippen LogP contribution in [0.5, 0.6) is 0 Å². The molecule has 1 aromatic rings. The first kappa shape index (κ1) is 16.5. The van der Waals surface area contributed by atoms with E-state index in [-0.39, 0.29) is 0 Å². The van der Waals surface area contributed by atoms with Gasteiger partial charge in [-0.3, -0.25) is 0 Å². The minimum absolute atomic E-state index is 0.501. The van der Waals surface area contributed by atoms with E-state index in [9.17, 15) is 0 Å². The molecular formula is C19H32N2. The third kappa shape index (κ3) is 5.80. The summed E-state index contributed by atoms with van der Waals surface area (Å²) in [5.41, 5.74) is 2.78. The van der Waals surface area contributed by atoms with E-state index >= 15 is 0 Å². The molecule has 21 heavy (non-hydrogen) atoms. The van der Waals surface area contributed by atoms with E-state index in [2.05, 4.69) is 48.3 Å². The van der Waals surface area contributed by atoms with E-state index in [1.54, 1.807) is 0 Å². The predicted molar refractivity (Wildman–Crippen MR) is 91.7 cm³/mol. The Labute approximate surface area is 130 Å². The summed E-state index contributed by atoms with van der Waals surface area (Å²) in [6.45, 7) is 9.23. The molecule has 1 aliphatic rings. The van der Waals surface area contributed by atoms with E-state index in [1.807, 2.05) is 0 Å². The molecule has 118 valence electrons. The lowest BCUT2D eigenvalue weighted by atomic mass is 10.0. The Hall–Kier alpha value is -0.860. The molecule has 2 heteroatoms. The quantitative estimate of drug-likeness (QED) is 0.839. The molecule has 1 unspecified atom stereocenters. The van der Waals surface area contributed by atoms with Crippen LogP contribution >= 0.6 is 0 Å². The van der Waals surface area contributed by atoms with E-state index in [4.69, 9.17) is 0 Å². The second kappa shape index (κ2) is 9.22. The highest BCUT2D eigenvalue weighted by atomic mass is 15.1. The first-order chi connectivity index (χ1) is 10.3. The summed E-state index contributed by atoms with van der Waals surface area (Å²) >= 11 is 0. The highest BCUT2D eigenvalue weighted by Gasteiger charge is 2.13. The molecule has 0 aromatic heterocycles. The fraction of sp³-hybridized carbons (Fsp3) is 0.684. The molecule has 0 amide bonds. The van der Waals surface area contributed by atoms with Crippen LogP contribution in [-0.4, -0.2) is 31.1 Å². The van der Waals surface area contributed by atoms with Gasteiger partial charge in [-0.2, -0.15) is 0 Å². The maximum Gasteiger partial charge on any atom is 0.0332 e. The monoisotopic (exact) mass is 288 g/mol. The van der Waals surface area contributed by atoms with Crippen molar-refractivity contribution in [2.24, 2.45) is 0 Å². The molecule has 1 N–H and O–H groups in total. The van der Waals surface area contributed by atoms with Crippen LogP contribution in [0.2, 0.25) is 0 Å². The Balaban J connectivity index is 1.88. The first-order valence-corrected chi connectivity index (χ1v) is 8.82. The Bertz CT molecular complexity index is 377. The zero-order valence-corrected chi connectivity index (χ0v) is 13.9. The lowest BCUT2D eigenvalue weighted by Gasteiger charge is -2.27. The summed E-state index contributed by atoms with van der Waals surface area (Å²) in [5.74, 6) is 0. The Morgan fingerprint density at radius 1 is 1.00 bits per heavy atom. The van der Waals surface area contributed by atoms with Crippen LogP contribution in [0.25, 0.3) is 0 Å². The van der Waals surface area contributed by atoms with Crippen molar-refractivity contribution >= 4 is 0 Å². The number of rotatable bonds is 6. The molecule has 2 rings (SSSR count). The molecule has 1 saturated heterocycles. The molecule has 1 fully saturated rings. The fourth-order valence-corrected chi connectivity index (χ4v) is 3.28. The van der Waals surface area contributed by atoms with E-state index in [1.165, 1.54) is 69.3 Å². The summed E-state index contributed by atoms with van der Waals surface area (Å²) in [5, 5.41) is 3.66. The number of nitrogens with one attached hydrogen (secondary N) is 1. The van der Waals surface area contributed by atoms with Gasteiger partial charge in [-0.25, -0.2) is 0 Å². The van der Waals surface area contributed by atoms with Crippen molar-refractivity contribution in [3.05, 3.63) is 35.4 Å². The number of aryl methyl sites for hydroxylation is 1. The molecule has 0 bridgehead atoms. The topological polar surface area (TPSA) is 15.3 Å². The highest BCUT2D eigenvalue weighted by Crippen LogP contribution is 2.19. The van der Waals surface area contributed by atoms with Gasteiger partial charge in [0.2, 0.25) is 0 Å². The summed E-state index contributed by atoms with van der Waals surface area (Å²) in [6.07, 6.45) is 8.27. The van der Waals surface area contributed by atoms with Crippen molar-refractivity contribution < 1.29 is 0 Å². The zero-order valence-electron chi connectivity index (χ0n) is 13.9. The van der Waals surface area contributed by atoms with Crippen LogP contribution in [0.3, 0.4) is 0 Å². The van der Waals surface area contributed by atoms with Gasteiger partial charge >= 0.3 is 0 Å². The first-order valence-electron chi connectivity index (χ1n) is 8.82. The normalized spacial score (nSPS) is 19.0. The number of hydrogen-bond acceptors (Lipinski definition) is 2. The van der Waals surface area contributed by atoms with Crippen LogP contribution in [0.1, 0.15) is 62.6 Å². The molecule has 0 spiro atoms. The van der Waals surface area contributed by atoms with Gasteiger partial charge in [-0.1, -0.05) is 56.0 Å². The maximum absolute atomic E-state index is 3.66. The minimum atomic E-state index is 0.501. The predicted octanol–water partition coefficient (Wildman–Crippen LogP) is 4.30. The summed E-state index contributed by atoms with van der Waals surface area (Å²) in [6, 6.07) is 9.54. The molecule has 1 aliphatic heterocycles. The Morgan fingerprint density at radius 3 is 2.24 bits per heavy atom. The van der Waals surface area contributed by atoms with Gasteiger partial charge in [0.15, 0.2) is 0 Å². The fourth-order valence-electron chi connectivity index (χ4n) is 3.28. The lowest BCUT2D eigenvalue weighted by molar-refractivity contribution is 0.234. The molecule has 1 heterocycles. The zero-order chi connectivity index (χ0) is 14.9. The molecule has 0 aliphatic carbocycles. The van der Waals surface area contributed by atoms with Gasteiger partial charge in [0.1, 0.15) is 0 Å². The molecular weight excluding hydrogens is 256 g/mol. The van der Waals surface area contributed by atoms with Crippen LogP contribution in [-0.2, 0) is 0 Å². The van der Waals surface area contributed by atoms with Crippen molar-refractivity contribution in [2.75, 3.05) is 26.2 Å². The lowest BCUT2D eigenvalue weighted by Crippen LogP contribution is -2.32. The second-order valence-electron chi connectivity index (χ2n) is 6.42. The smallest absolute Gasteiger partial charge is 0.0332 e. The van der Waals surface area contributed by atoms with Crippen LogP contribution < -0.4 is 5.32 Å². The van der Waals surface area contributed by atoms with E-state index in [0.717, 1.165) is 6.54 Å². The number of hydrogen-bond donors (Lipinski definition) is 1. The van der Waals surface area contributed by atoms with Crippen LogP contribution in [0, 0.1) is 6.92 Å². The van der Waals surface area contributed by atoms with Gasteiger partial charge in [0.05, 0.1) is 0 Å². The van der Waals surface area contributed by atoms with Crippen molar-refractivity contribution in [1.82, 2.24) is 10.2 Å². The Morgan fingerprint density at radius 2 is 1.62 bits per heavy atom. The average molecular weight is 288 g/mol. The third-order valence-electron chi connectivity index (χ3n) is 4.61. The van der Waals surface area contributed by atoms with Gasteiger partial charge in [0, 0.05) is 6.04 Å². The summed E-state index contributed by atoms with van der Waals surface area (Å²) in [7, 11) is 0. The molecule has 2 nitrogen and oxygen atoms in total. The van der Waals surface area contributed by atoms with Crippen molar-refractivity contribution in [3.8, 4) is 0 Å². The van der Waals surface area contributed by atoms with Gasteiger partial charge in [-0.05, 0) is 57.9 Å². The summed E-state index contributed by atoms with van der Waals surface area (Å²) in [4.78, 5) is 2.68. The molecule has 0 saturated carbocycles. The van der Waals surface area contributed by atoms with Crippen LogP contribution in [0.4, 0.5) is 0 Å². The standard InChI is InChI=1S/C19H32N2/c1-3-20-19(18-11-9-17(2)10-12-18)13-16-21-14-7-5-4-6-8-15-21/h9-12,19-20H,3-8,13-16H2,1-2H3. The Kier molecular flexibility index (Phi) is 7.25. The van der Waals surface area contributed by atoms with Crippen molar-refractivity contribution in [3.63, 3.8) is 0 Å². The number of benzene rings is 1. The van der Waals surface area contributed by atoms with Gasteiger partial charge < -0.3 is 10.2 Å². The van der Waals surface area contributed by atoms with Gasteiger partial charge in [0.25, 0.3) is 0 Å². The third-order valence-corrected chi connectivity index (χ3v) is 4.61. The van der Waals surface area contributed by atoms with E-state index < -0.39 is 0 Å². The minimum Gasteiger partial charge on any atom is -0.310 e. The number of nitrogens with zero attached hydrogens (tertiary/aromatic N) is 1. The number of likely N-dealkylation sites (tertiary alicyclic amines) is 1. The van der Waals surface area contributed by atoms with E-state index in [0.29, 0.717) is 6.04 Å².